The highest BCUT2D eigenvalue weighted by atomic mass is 16.5. The van der Waals surface area contributed by atoms with E-state index in [1.54, 1.807) is 13.2 Å². The molecule has 3 aromatic rings. The molecule has 4 nitrogen and oxygen atoms in total. The van der Waals surface area contributed by atoms with Gasteiger partial charge in [0.15, 0.2) is 0 Å². The number of hydrogen-bond acceptors (Lipinski definition) is 4. The van der Waals surface area contributed by atoms with E-state index in [2.05, 4.69) is 0 Å². The second-order valence-electron chi connectivity index (χ2n) is 4.55. The molecule has 4 heteroatoms. The summed E-state index contributed by atoms with van der Waals surface area (Å²) in [7, 11) is 1.57. The van der Waals surface area contributed by atoms with Crippen molar-refractivity contribution in [2.45, 2.75) is 6.61 Å². The van der Waals surface area contributed by atoms with Gasteiger partial charge in [-0.2, -0.15) is 0 Å². The van der Waals surface area contributed by atoms with Crippen LogP contribution < -0.4 is 15.1 Å². The highest BCUT2D eigenvalue weighted by Crippen LogP contribution is 2.23. The van der Waals surface area contributed by atoms with Gasteiger partial charge in [0.25, 0.3) is 0 Å². The summed E-state index contributed by atoms with van der Waals surface area (Å²) in [5.41, 5.74) is 0.878. The Balaban J connectivity index is 1.96. The van der Waals surface area contributed by atoms with Crippen molar-refractivity contribution >= 4 is 11.0 Å². The minimum Gasteiger partial charge on any atom is -0.497 e. The Labute approximate surface area is 121 Å². The van der Waals surface area contributed by atoms with Gasteiger partial charge in [0, 0.05) is 23.1 Å². The standard InChI is InChI=1S/C17H14O4/c1-19-14-7-8-15-12(9-17(18)21-16(15)10-14)11-20-13-5-3-2-4-6-13/h2-10H,11H2,1H3. The summed E-state index contributed by atoms with van der Waals surface area (Å²) in [5.74, 6) is 1.40. The smallest absolute Gasteiger partial charge is 0.336 e. The monoisotopic (exact) mass is 282 g/mol. The minimum atomic E-state index is -0.401. The van der Waals surface area contributed by atoms with Crippen LogP contribution in [0.15, 0.2) is 63.8 Å². The molecular weight excluding hydrogens is 268 g/mol. The maximum atomic E-state index is 11.7. The summed E-state index contributed by atoms with van der Waals surface area (Å²) in [6, 6.07) is 16.3. The number of para-hydroxylation sites is 1. The first-order valence-electron chi connectivity index (χ1n) is 6.55. The zero-order valence-corrected chi connectivity index (χ0v) is 11.5. The van der Waals surface area contributed by atoms with E-state index in [0.29, 0.717) is 17.9 Å². The van der Waals surface area contributed by atoms with E-state index in [4.69, 9.17) is 13.9 Å². The van der Waals surface area contributed by atoms with Crippen molar-refractivity contribution in [2.75, 3.05) is 7.11 Å². The van der Waals surface area contributed by atoms with Crippen molar-refractivity contribution < 1.29 is 13.9 Å². The molecule has 3 rings (SSSR count). The Morgan fingerprint density at radius 3 is 2.57 bits per heavy atom. The van der Waals surface area contributed by atoms with Crippen molar-refractivity contribution in [3.05, 3.63) is 70.6 Å². The highest BCUT2D eigenvalue weighted by molar-refractivity contribution is 5.81. The van der Waals surface area contributed by atoms with Crippen molar-refractivity contribution in [3.8, 4) is 11.5 Å². The third-order valence-corrected chi connectivity index (χ3v) is 3.17. The number of hydrogen-bond donors (Lipinski definition) is 0. The fourth-order valence-corrected chi connectivity index (χ4v) is 2.13. The number of benzene rings is 2. The van der Waals surface area contributed by atoms with E-state index in [-0.39, 0.29) is 0 Å². The molecule has 0 saturated heterocycles. The lowest BCUT2D eigenvalue weighted by molar-refractivity contribution is 0.306. The first-order chi connectivity index (χ1) is 10.3. The molecule has 0 aliphatic heterocycles. The molecule has 21 heavy (non-hydrogen) atoms. The van der Waals surface area contributed by atoms with Crippen molar-refractivity contribution in [1.82, 2.24) is 0 Å². The molecular formula is C17H14O4. The molecule has 0 radical (unpaired) electrons. The summed E-state index contributed by atoms with van der Waals surface area (Å²) < 4.78 is 16.0. The van der Waals surface area contributed by atoms with Crippen molar-refractivity contribution in [2.24, 2.45) is 0 Å². The summed E-state index contributed by atoms with van der Waals surface area (Å²) in [5, 5.41) is 0.839. The van der Waals surface area contributed by atoms with Crippen LogP contribution in [0.5, 0.6) is 11.5 Å². The molecule has 0 N–H and O–H groups in total. The zero-order valence-electron chi connectivity index (χ0n) is 11.5. The van der Waals surface area contributed by atoms with Crippen LogP contribution in [0.1, 0.15) is 5.56 Å². The quantitative estimate of drug-likeness (QED) is 0.688. The molecule has 0 saturated carbocycles. The number of ether oxygens (including phenoxy) is 2. The Hall–Kier alpha value is -2.75. The molecule has 0 atom stereocenters. The van der Waals surface area contributed by atoms with E-state index >= 15 is 0 Å². The van der Waals surface area contributed by atoms with Gasteiger partial charge in [-0.05, 0) is 24.3 Å². The number of methoxy groups -OCH3 is 1. The van der Waals surface area contributed by atoms with E-state index in [1.807, 2.05) is 42.5 Å². The summed E-state index contributed by atoms with van der Waals surface area (Å²) in [6.45, 7) is 0.304. The lowest BCUT2D eigenvalue weighted by Gasteiger charge is -2.09. The van der Waals surface area contributed by atoms with Gasteiger partial charge in [0.2, 0.25) is 0 Å². The van der Waals surface area contributed by atoms with Crippen LogP contribution in [-0.2, 0) is 6.61 Å². The third-order valence-electron chi connectivity index (χ3n) is 3.17. The predicted molar refractivity (Wildman–Crippen MR) is 79.8 cm³/mol. The summed E-state index contributed by atoms with van der Waals surface area (Å²) >= 11 is 0. The van der Waals surface area contributed by atoms with Crippen LogP contribution in [-0.4, -0.2) is 7.11 Å². The molecule has 0 aliphatic carbocycles. The topological polar surface area (TPSA) is 48.7 Å². The molecule has 0 unspecified atom stereocenters. The van der Waals surface area contributed by atoms with Gasteiger partial charge >= 0.3 is 5.63 Å². The Bertz CT molecular complexity index is 806. The molecule has 0 amide bonds. The molecule has 1 aromatic heterocycles. The van der Waals surface area contributed by atoms with Gasteiger partial charge in [-0.15, -0.1) is 0 Å². The molecule has 0 spiro atoms. The zero-order chi connectivity index (χ0) is 14.7. The minimum absolute atomic E-state index is 0.304. The summed E-state index contributed by atoms with van der Waals surface area (Å²) in [6.07, 6.45) is 0. The van der Waals surface area contributed by atoms with E-state index in [9.17, 15) is 4.79 Å². The van der Waals surface area contributed by atoms with Crippen LogP contribution in [0.25, 0.3) is 11.0 Å². The molecule has 0 bridgehead atoms. The lowest BCUT2D eigenvalue weighted by Crippen LogP contribution is -2.04. The Morgan fingerprint density at radius 1 is 1.00 bits per heavy atom. The maximum absolute atomic E-state index is 11.7. The SMILES string of the molecule is COc1ccc2c(COc3ccccc3)cc(=O)oc2c1. The van der Waals surface area contributed by atoms with Crippen molar-refractivity contribution in [3.63, 3.8) is 0 Å². The molecule has 1 heterocycles. The second-order valence-corrected chi connectivity index (χ2v) is 4.55. The van der Waals surface area contributed by atoms with Gasteiger partial charge in [0.1, 0.15) is 23.7 Å². The van der Waals surface area contributed by atoms with Crippen molar-refractivity contribution in [1.29, 1.82) is 0 Å². The number of rotatable bonds is 4. The first-order valence-corrected chi connectivity index (χ1v) is 6.55. The number of fused-ring (bicyclic) bond motifs is 1. The Kier molecular flexibility index (Phi) is 3.60. The van der Waals surface area contributed by atoms with Crippen LogP contribution in [0, 0.1) is 0 Å². The van der Waals surface area contributed by atoms with Gasteiger partial charge in [-0.3, -0.25) is 0 Å². The molecule has 0 fully saturated rings. The van der Waals surface area contributed by atoms with E-state index in [1.165, 1.54) is 6.07 Å². The molecule has 2 aromatic carbocycles. The summed E-state index contributed by atoms with van der Waals surface area (Å²) in [4.78, 5) is 11.7. The molecule has 0 aliphatic rings. The van der Waals surface area contributed by atoms with Gasteiger partial charge < -0.3 is 13.9 Å². The molecule has 106 valence electrons. The predicted octanol–water partition coefficient (Wildman–Crippen LogP) is 3.38. The van der Waals surface area contributed by atoms with Crippen LogP contribution >= 0.6 is 0 Å². The van der Waals surface area contributed by atoms with Gasteiger partial charge in [-0.25, -0.2) is 4.79 Å². The van der Waals surface area contributed by atoms with E-state index < -0.39 is 5.63 Å². The van der Waals surface area contributed by atoms with Crippen LogP contribution in [0.4, 0.5) is 0 Å². The average Bonchev–Trinajstić information content (AvgIpc) is 2.52. The van der Waals surface area contributed by atoms with Gasteiger partial charge in [0.05, 0.1) is 7.11 Å². The Morgan fingerprint density at radius 2 is 1.81 bits per heavy atom. The van der Waals surface area contributed by atoms with Gasteiger partial charge in [-0.1, -0.05) is 18.2 Å². The second kappa shape index (κ2) is 5.71. The van der Waals surface area contributed by atoms with Crippen LogP contribution in [0.3, 0.4) is 0 Å². The maximum Gasteiger partial charge on any atom is 0.336 e. The largest absolute Gasteiger partial charge is 0.497 e. The third kappa shape index (κ3) is 2.89. The van der Waals surface area contributed by atoms with Crippen LogP contribution in [0.2, 0.25) is 0 Å². The lowest BCUT2D eigenvalue weighted by atomic mass is 10.1. The normalized spacial score (nSPS) is 10.5. The first kappa shape index (κ1) is 13.2. The van der Waals surface area contributed by atoms with E-state index in [0.717, 1.165) is 16.7 Å². The average molecular weight is 282 g/mol. The fourth-order valence-electron chi connectivity index (χ4n) is 2.13. The fraction of sp³-hybridized carbons (Fsp3) is 0.118. The highest BCUT2D eigenvalue weighted by Gasteiger charge is 2.07.